The van der Waals surface area contributed by atoms with Crippen molar-refractivity contribution in [1.82, 2.24) is 15.3 Å². The van der Waals surface area contributed by atoms with E-state index in [-0.39, 0.29) is 5.91 Å². The topological polar surface area (TPSA) is 35.6 Å². The van der Waals surface area contributed by atoms with Crippen LogP contribution in [0, 0.1) is 0 Å². The lowest BCUT2D eigenvalue weighted by atomic mass is 10.1. The minimum absolute atomic E-state index is 0.286. The Morgan fingerprint density at radius 2 is 2.29 bits per heavy atom. The van der Waals surface area contributed by atoms with Gasteiger partial charge in [-0.15, -0.1) is 0 Å². The van der Waals surface area contributed by atoms with E-state index in [1.807, 2.05) is 12.1 Å². The number of piperidine rings is 1. The van der Waals surface area contributed by atoms with Crippen molar-refractivity contribution in [3.8, 4) is 0 Å². The summed E-state index contributed by atoms with van der Waals surface area (Å²) in [5, 5.41) is 7.40. The number of hydrogen-bond acceptors (Lipinski definition) is 3. The van der Waals surface area contributed by atoms with Crippen LogP contribution in [0.25, 0.3) is 0 Å². The van der Waals surface area contributed by atoms with E-state index in [0.717, 1.165) is 19.5 Å². The van der Waals surface area contributed by atoms with Gasteiger partial charge < -0.3 is 5.32 Å². The summed E-state index contributed by atoms with van der Waals surface area (Å²) in [6.45, 7) is 4.15. The molecule has 1 amide bonds. The Morgan fingerprint density at radius 1 is 1.50 bits per heavy atom. The van der Waals surface area contributed by atoms with E-state index in [9.17, 15) is 4.79 Å². The predicted molar refractivity (Wildman–Crippen MR) is 54.6 cm³/mol. The second kappa shape index (κ2) is 3.87. The summed E-state index contributed by atoms with van der Waals surface area (Å²) < 4.78 is 0. The van der Waals surface area contributed by atoms with Gasteiger partial charge >= 0.3 is 0 Å². The molecule has 0 spiro atoms. The molecule has 4 heteroatoms. The summed E-state index contributed by atoms with van der Waals surface area (Å²) in [5.41, 5.74) is 0. The highest BCUT2D eigenvalue weighted by atomic mass is 16.2. The first-order valence-electron chi connectivity index (χ1n) is 5.45. The van der Waals surface area contributed by atoms with Crippen LogP contribution in [-0.2, 0) is 4.79 Å². The van der Waals surface area contributed by atoms with E-state index >= 15 is 0 Å². The third-order valence-electron chi connectivity index (χ3n) is 3.32. The van der Waals surface area contributed by atoms with Crippen LogP contribution in [0.3, 0.4) is 0 Å². The number of amides is 1. The minimum atomic E-state index is 0.286. The first-order chi connectivity index (χ1) is 6.70. The van der Waals surface area contributed by atoms with Crippen LogP contribution in [0.2, 0.25) is 0 Å². The second-order valence-electron chi connectivity index (χ2n) is 4.37. The molecule has 2 atom stereocenters. The molecule has 0 aromatic rings. The minimum Gasteiger partial charge on any atom is -0.315 e. The van der Waals surface area contributed by atoms with Gasteiger partial charge in [0.2, 0.25) is 5.91 Å². The fraction of sp³-hybridized carbons (Fsp3) is 0.900. The number of carbonyl (C=O) groups is 1. The third-order valence-corrected chi connectivity index (χ3v) is 3.32. The van der Waals surface area contributed by atoms with E-state index in [1.54, 1.807) is 0 Å². The zero-order valence-electron chi connectivity index (χ0n) is 8.99. The maximum atomic E-state index is 11.8. The van der Waals surface area contributed by atoms with Crippen LogP contribution in [0.5, 0.6) is 0 Å². The lowest BCUT2D eigenvalue weighted by Crippen LogP contribution is -2.52. The van der Waals surface area contributed by atoms with E-state index in [0.29, 0.717) is 18.5 Å². The highest BCUT2D eigenvalue weighted by Crippen LogP contribution is 2.22. The Labute approximate surface area is 85.2 Å². The monoisotopic (exact) mass is 197 g/mol. The third kappa shape index (κ3) is 1.64. The molecule has 0 radical (unpaired) electrons. The van der Waals surface area contributed by atoms with Gasteiger partial charge in [-0.25, -0.2) is 5.01 Å². The van der Waals surface area contributed by atoms with Gasteiger partial charge in [0.15, 0.2) is 0 Å². The van der Waals surface area contributed by atoms with E-state index < -0.39 is 0 Å². The molecule has 14 heavy (non-hydrogen) atoms. The first kappa shape index (κ1) is 9.93. The van der Waals surface area contributed by atoms with Crippen molar-refractivity contribution in [2.24, 2.45) is 0 Å². The fourth-order valence-electron chi connectivity index (χ4n) is 2.37. The number of hydrazine groups is 1. The number of carbonyl (C=O) groups excluding carboxylic acids is 1. The van der Waals surface area contributed by atoms with Crippen LogP contribution in [-0.4, -0.2) is 48.1 Å². The number of rotatable bonds is 1. The Kier molecular flexibility index (Phi) is 2.74. The van der Waals surface area contributed by atoms with Crippen molar-refractivity contribution in [2.45, 2.75) is 38.3 Å². The molecule has 0 saturated carbocycles. The van der Waals surface area contributed by atoms with Crippen molar-refractivity contribution in [2.75, 3.05) is 20.1 Å². The van der Waals surface area contributed by atoms with Crippen molar-refractivity contribution in [1.29, 1.82) is 0 Å². The van der Waals surface area contributed by atoms with Crippen LogP contribution < -0.4 is 5.32 Å². The summed E-state index contributed by atoms with van der Waals surface area (Å²) in [5.74, 6) is 0.286. The summed E-state index contributed by atoms with van der Waals surface area (Å²) >= 11 is 0. The predicted octanol–water partition coefficient (Wildman–Crippen LogP) is 0.206. The molecule has 80 valence electrons. The van der Waals surface area contributed by atoms with Crippen LogP contribution >= 0.6 is 0 Å². The number of nitrogens with one attached hydrogen (secondary N) is 1. The van der Waals surface area contributed by atoms with E-state index in [2.05, 4.69) is 17.2 Å². The molecule has 0 aliphatic carbocycles. The second-order valence-corrected chi connectivity index (χ2v) is 4.37. The molecule has 0 bridgehead atoms. The zero-order chi connectivity index (χ0) is 10.1. The Balaban J connectivity index is 2.04. The van der Waals surface area contributed by atoms with Crippen molar-refractivity contribution in [3.05, 3.63) is 0 Å². The quantitative estimate of drug-likeness (QED) is 0.652. The molecule has 0 aromatic heterocycles. The van der Waals surface area contributed by atoms with Gasteiger partial charge in [0.05, 0.1) is 6.04 Å². The fourth-order valence-corrected chi connectivity index (χ4v) is 2.37. The van der Waals surface area contributed by atoms with Gasteiger partial charge in [0.25, 0.3) is 0 Å². The Morgan fingerprint density at radius 3 is 2.79 bits per heavy atom. The van der Waals surface area contributed by atoms with Crippen LogP contribution in [0.1, 0.15) is 26.2 Å². The Hall–Kier alpha value is -0.610. The van der Waals surface area contributed by atoms with E-state index in [1.165, 1.54) is 6.42 Å². The highest BCUT2D eigenvalue weighted by molar-refractivity contribution is 5.78. The molecular formula is C10H19N3O. The summed E-state index contributed by atoms with van der Waals surface area (Å²) in [6.07, 6.45) is 2.99. The Bertz CT molecular complexity index is 225. The number of hydrogen-bond donors (Lipinski definition) is 1. The van der Waals surface area contributed by atoms with Crippen molar-refractivity contribution >= 4 is 5.91 Å². The summed E-state index contributed by atoms with van der Waals surface area (Å²) in [6, 6.07) is 0.746. The largest absolute Gasteiger partial charge is 0.315 e. The first-order valence-corrected chi connectivity index (χ1v) is 5.45. The highest BCUT2D eigenvalue weighted by Gasteiger charge is 2.37. The molecule has 2 heterocycles. The molecule has 4 nitrogen and oxygen atoms in total. The molecule has 0 aromatic carbocycles. The molecule has 2 rings (SSSR count). The normalized spacial score (nSPS) is 35.3. The summed E-state index contributed by atoms with van der Waals surface area (Å²) in [4.78, 5) is 11.8. The van der Waals surface area contributed by atoms with Gasteiger partial charge in [-0.3, -0.25) is 9.80 Å². The molecule has 2 aliphatic heterocycles. The van der Waals surface area contributed by atoms with E-state index in [4.69, 9.17) is 0 Å². The smallest absolute Gasteiger partial charge is 0.238 e. The zero-order valence-corrected chi connectivity index (χ0v) is 8.99. The SMILES string of the molecule is CC1CC(=O)N(C2CCCNC2)N1C. The standard InChI is InChI=1S/C10H19N3O/c1-8-6-10(14)13(12(8)2)9-4-3-5-11-7-9/h8-9,11H,3-7H2,1-2H3. The van der Waals surface area contributed by atoms with Gasteiger partial charge in [-0.1, -0.05) is 0 Å². The molecule has 1 N–H and O–H groups in total. The lowest BCUT2D eigenvalue weighted by molar-refractivity contribution is -0.142. The van der Waals surface area contributed by atoms with Crippen LogP contribution in [0.15, 0.2) is 0 Å². The molecule has 2 fully saturated rings. The van der Waals surface area contributed by atoms with Crippen molar-refractivity contribution < 1.29 is 4.79 Å². The molecule has 2 aliphatic rings. The lowest BCUT2D eigenvalue weighted by Gasteiger charge is -2.36. The number of nitrogens with zero attached hydrogens (tertiary/aromatic N) is 2. The van der Waals surface area contributed by atoms with Gasteiger partial charge in [-0.05, 0) is 26.3 Å². The summed E-state index contributed by atoms with van der Waals surface area (Å²) in [7, 11) is 2.02. The molecular weight excluding hydrogens is 178 g/mol. The maximum absolute atomic E-state index is 11.8. The van der Waals surface area contributed by atoms with Gasteiger partial charge in [0.1, 0.15) is 0 Å². The molecule has 2 unspecified atom stereocenters. The average Bonchev–Trinajstić information content (AvgIpc) is 2.43. The molecule has 2 saturated heterocycles. The van der Waals surface area contributed by atoms with Crippen molar-refractivity contribution in [3.63, 3.8) is 0 Å². The van der Waals surface area contributed by atoms with Gasteiger partial charge in [0, 0.05) is 26.1 Å². The van der Waals surface area contributed by atoms with Crippen LogP contribution in [0.4, 0.5) is 0 Å². The average molecular weight is 197 g/mol. The maximum Gasteiger partial charge on any atom is 0.238 e. The van der Waals surface area contributed by atoms with Gasteiger partial charge in [-0.2, -0.15) is 0 Å².